The highest BCUT2D eigenvalue weighted by molar-refractivity contribution is 4.93. The van der Waals surface area contributed by atoms with Gasteiger partial charge in [0, 0.05) is 31.1 Å². The molecule has 3 nitrogen and oxygen atoms in total. The van der Waals surface area contributed by atoms with E-state index in [9.17, 15) is 5.11 Å². The second kappa shape index (κ2) is 5.94. The zero-order valence-corrected chi connectivity index (χ0v) is 13.5. The number of aliphatic hydroxyl groups excluding tert-OH is 1. The van der Waals surface area contributed by atoms with Crippen LogP contribution in [0.25, 0.3) is 0 Å². The van der Waals surface area contributed by atoms with Crippen LogP contribution in [-0.4, -0.2) is 59.8 Å². The van der Waals surface area contributed by atoms with E-state index in [4.69, 9.17) is 0 Å². The summed E-state index contributed by atoms with van der Waals surface area (Å²) in [7, 11) is 2.31. The van der Waals surface area contributed by atoms with Crippen molar-refractivity contribution in [2.24, 2.45) is 17.8 Å². The van der Waals surface area contributed by atoms with Gasteiger partial charge in [-0.15, -0.1) is 0 Å². The predicted octanol–water partition coefficient (Wildman–Crippen LogP) is 2.20. The maximum absolute atomic E-state index is 10.5. The van der Waals surface area contributed by atoms with Crippen molar-refractivity contribution in [3.05, 3.63) is 0 Å². The molecular formula is C17H32N2O. The molecule has 0 spiro atoms. The highest BCUT2D eigenvalue weighted by Crippen LogP contribution is 2.35. The Morgan fingerprint density at radius 1 is 1.05 bits per heavy atom. The summed E-state index contributed by atoms with van der Waals surface area (Å²) < 4.78 is 0. The van der Waals surface area contributed by atoms with E-state index in [2.05, 4.69) is 30.7 Å². The fourth-order valence-corrected chi connectivity index (χ4v) is 5.02. The summed E-state index contributed by atoms with van der Waals surface area (Å²) >= 11 is 0. The monoisotopic (exact) mass is 280 g/mol. The number of likely N-dealkylation sites (tertiary alicyclic amines) is 1. The summed E-state index contributed by atoms with van der Waals surface area (Å²) in [5.41, 5.74) is 0. The van der Waals surface area contributed by atoms with E-state index in [0.717, 1.165) is 25.0 Å². The molecule has 116 valence electrons. The van der Waals surface area contributed by atoms with Crippen molar-refractivity contribution in [3.8, 4) is 0 Å². The van der Waals surface area contributed by atoms with Gasteiger partial charge in [-0.25, -0.2) is 0 Å². The largest absolute Gasteiger partial charge is 0.393 e. The fourth-order valence-electron chi connectivity index (χ4n) is 5.02. The molecule has 0 aromatic heterocycles. The first-order valence-electron chi connectivity index (χ1n) is 8.67. The Morgan fingerprint density at radius 2 is 1.80 bits per heavy atom. The first-order valence-corrected chi connectivity index (χ1v) is 8.67. The van der Waals surface area contributed by atoms with Crippen molar-refractivity contribution in [1.82, 2.24) is 9.80 Å². The Kier molecular flexibility index (Phi) is 4.40. The molecule has 3 aliphatic rings. The van der Waals surface area contributed by atoms with Gasteiger partial charge < -0.3 is 10.0 Å². The Hall–Kier alpha value is -0.120. The minimum atomic E-state index is -0.0769. The lowest BCUT2D eigenvalue weighted by atomic mass is 9.73. The number of nitrogens with zero attached hydrogens (tertiary/aromatic N) is 2. The minimum absolute atomic E-state index is 0.0769. The van der Waals surface area contributed by atoms with E-state index in [-0.39, 0.29) is 6.10 Å². The van der Waals surface area contributed by atoms with Gasteiger partial charge in [-0.3, -0.25) is 4.90 Å². The number of aliphatic hydroxyl groups is 1. The van der Waals surface area contributed by atoms with Crippen molar-refractivity contribution >= 4 is 0 Å². The second-order valence-corrected chi connectivity index (χ2v) is 7.88. The molecule has 1 N–H and O–H groups in total. The molecule has 2 aliphatic heterocycles. The number of likely N-dealkylation sites (N-methyl/N-ethyl adjacent to an activating group) is 1. The van der Waals surface area contributed by atoms with Crippen LogP contribution in [0.1, 0.15) is 46.0 Å². The van der Waals surface area contributed by atoms with Crippen LogP contribution in [0, 0.1) is 17.8 Å². The summed E-state index contributed by atoms with van der Waals surface area (Å²) in [5.74, 6) is 1.86. The third kappa shape index (κ3) is 2.90. The van der Waals surface area contributed by atoms with Gasteiger partial charge in [0.15, 0.2) is 0 Å². The first-order chi connectivity index (χ1) is 9.54. The van der Waals surface area contributed by atoms with Crippen molar-refractivity contribution in [3.63, 3.8) is 0 Å². The van der Waals surface area contributed by atoms with Crippen LogP contribution in [0.4, 0.5) is 0 Å². The molecule has 6 unspecified atom stereocenters. The molecule has 0 radical (unpaired) electrons. The second-order valence-electron chi connectivity index (χ2n) is 7.88. The average molecular weight is 280 g/mol. The van der Waals surface area contributed by atoms with Gasteiger partial charge in [-0.1, -0.05) is 13.8 Å². The smallest absolute Gasteiger partial charge is 0.0585 e. The van der Waals surface area contributed by atoms with Crippen molar-refractivity contribution in [2.45, 2.75) is 64.1 Å². The van der Waals surface area contributed by atoms with E-state index in [1.54, 1.807) is 0 Å². The Balaban J connectivity index is 1.60. The lowest BCUT2D eigenvalue weighted by Gasteiger charge is -2.40. The molecule has 2 bridgehead atoms. The van der Waals surface area contributed by atoms with Crippen LogP contribution in [0.3, 0.4) is 0 Å². The zero-order valence-electron chi connectivity index (χ0n) is 13.5. The van der Waals surface area contributed by atoms with Crippen LogP contribution in [-0.2, 0) is 0 Å². The SMILES string of the molecule is CC1CC(C)C(CN2CCC3CCC(C2)N3C)C(O)C1. The molecule has 1 saturated carbocycles. The molecule has 1 aliphatic carbocycles. The van der Waals surface area contributed by atoms with Gasteiger partial charge in [0.05, 0.1) is 6.10 Å². The van der Waals surface area contributed by atoms with Gasteiger partial charge in [0.2, 0.25) is 0 Å². The van der Waals surface area contributed by atoms with Gasteiger partial charge >= 0.3 is 0 Å². The van der Waals surface area contributed by atoms with Crippen molar-refractivity contribution < 1.29 is 5.11 Å². The summed E-state index contributed by atoms with van der Waals surface area (Å²) in [6, 6.07) is 1.58. The molecule has 0 aromatic rings. The number of fused-ring (bicyclic) bond motifs is 2. The number of hydrogen-bond acceptors (Lipinski definition) is 3. The molecule has 6 atom stereocenters. The standard InChI is InChI=1S/C17H32N2O/c1-12-8-13(2)16(17(20)9-12)11-19-7-6-14-4-5-15(10-19)18(14)3/h12-17,20H,4-11H2,1-3H3. The molecule has 3 heteroatoms. The van der Waals surface area contributed by atoms with Gasteiger partial charge in [-0.2, -0.15) is 0 Å². The molecule has 3 rings (SSSR count). The van der Waals surface area contributed by atoms with Gasteiger partial charge in [-0.05, 0) is 57.5 Å². The highest BCUT2D eigenvalue weighted by Gasteiger charge is 2.38. The number of rotatable bonds is 2. The van der Waals surface area contributed by atoms with Crippen LogP contribution in [0.5, 0.6) is 0 Å². The average Bonchev–Trinajstić information content (AvgIpc) is 2.60. The summed E-state index contributed by atoms with van der Waals surface area (Å²) in [6.45, 7) is 8.21. The molecule has 20 heavy (non-hydrogen) atoms. The van der Waals surface area contributed by atoms with E-state index in [1.807, 2.05) is 0 Å². The Bertz CT molecular complexity index is 323. The predicted molar refractivity (Wildman–Crippen MR) is 82.7 cm³/mol. The topological polar surface area (TPSA) is 26.7 Å². The lowest BCUT2D eigenvalue weighted by Crippen LogP contribution is -2.45. The summed E-state index contributed by atoms with van der Waals surface area (Å²) in [6.07, 6.45) is 6.32. The van der Waals surface area contributed by atoms with E-state index in [1.165, 1.54) is 38.8 Å². The maximum atomic E-state index is 10.5. The van der Waals surface area contributed by atoms with E-state index < -0.39 is 0 Å². The molecule has 0 aromatic carbocycles. The van der Waals surface area contributed by atoms with Crippen LogP contribution in [0.15, 0.2) is 0 Å². The zero-order chi connectivity index (χ0) is 14.3. The highest BCUT2D eigenvalue weighted by atomic mass is 16.3. The molecule has 3 fully saturated rings. The normalized spacial score (nSPS) is 47.4. The summed E-state index contributed by atoms with van der Waals surface area (Å²) in [4.78, 5) is 5.27. The summed E-state index contributed by atoms with van der Waals surface area (Å²) in [5, 5.41) is 10.5. The van der Waals surface area contributed by atoms with Crippen molar-refractivity contribution in [1.29, 1.82) is 0 Å². The first kappa shape index (κ1) is 14.8. The van der Waals surface area contributed by atoms with E-state index >= 15 is 0 Å². The maximum Gasteiger partial charge on any atom is 0.0585 e. The van der Waals surface area contributed by atoms with Crippen molar-refractivity contribution in [2.75, 3.05) is 26.7 Å². The van der Waals surface area contributed by atoms with Gasteiger partial charge in [0.25, 0.3) is 0 Å². The molecule has 0 amide bonds. The number of hydrogen-bond donors (Lipinski definition) is 1. The quantitative estimate of drug-likeness (QED) is 0.840. The van der Waals surface area contributed by atoms with Crippen LogP contribution >= 0.6 is 0 Å². The Morgan fingerprint density at radius 3 is 2.55 bits per heavy atom. The van der Waals surface area contributed by atoms with Crippen LogP contribution < -0.4 is 0 Å². The molecule has 2 heterocycles. The third-order valence-corrected chi connectivity index (χ3v) is 6.34. The Labute approximate surface area is 124 Å². The molecular weight excluding hydrogens is 248 g/mol. The lowest BCUT2D eigenvalue weighted by molar-refractivity contribution is -0.00307. The van der Waals surface area contributed by atoms with Crippen LogP contribution in [0.2, 0.25) is 0 Å². The van der Waals surface area contributed by atoms with E-state index in [0.29, 0.717) is 17.8 Å². The third-order valence-electron chi connectivity index (χ3n) is 6.34. The molecule has 2 saturated heterocycles. The minimum Gasteiger partial charge on any atom is -0.393 e. The van der Waals surface area contributed by atoms with Gasteiger partial charge in [0.1, 0.15) is 0 Å². The fraction of sp³-hybridized carbons (Fsp3) is 1.00.